The maximum atomic E-state index is 12.4. The van der Waals surface area contributed by atoms with Crippen molar-refractivity contribution in [3.05, 3.63) is 48.3 Å². The van der Waals surface area contributed by atoms with Gasteiger partial charge in [0.05, 0.1) is 25.4 Å². The van der Waals surface area contributed by atoms with E-state index < -0.39 is 0 Å². The van der Waals surface area contributed by atoms with E-state index >= 15 is 0 Å². The molecule has 0 N–H and O–H groups in total. The summed E-state index contributed by atoms with van der Waals surface area (Å²) in [5, 5.41) is 4.32. The number of carbonyl (C=O) groups excluding carboxylic acids is 1. The summed E-state index contributed by atoms with van der Waals surface area (Å²) in [5.41, 5.74) is 1.14. The molecule has 1 amide bonds. The fourth-order valence-corrected chi connectivity index (χ4v) is 3.11. The molecule has 0 bridgehead atoms. The van der Waals surface area contributed by atoms with Gasteiger partial charge in [-0.05, 0) is 37.5 Å². The third kappa shape index (κ3) is 5.06. The highest BCUT2D eigenvalue weighted by Gasteiger charge is 2.28. The number of benzene rings is 1. The van der Waals surface area contributed by atoms with Crippen molar-refractivity contribution in [2.45, 2.75) is 32.4 Å². The van der Waals surface area contributed by atoms with Gasteiger partial charge in [-0.15, -0.1) is 0 Å². The first-order valence-electron chi connectivity index (χ1n) is 8.76. The summed E-state index contributed by atoms with van der Waals surface area (Å²) in [6.07, 6.45) is 5.91. The summed E-state index contributed by atoms with van der Waals surface area (Å²) >= 11 is 0. The number of aromatic nitrogens is 2. The lowest BCUT2D eigenvalue weighted by molar-refractivity contribution is -0.137. The van der Waals surface area contributed by atoms with Crippen molar-refractivity contribution < 1.29 is 14.3 Å². The van der Waals surface area contributed by atoms with Gasteiger partial charge in [0.1, 0.15) is 19.0 Å². The quantitative estimate of drug-likeness (QED) is 0.690. The molecule has 25 heavy (non-hydrogen) atoms. The summed E-state index contributed by atoms with van der Waals surface area (Å²) in [5.74, 6) is 0.859. The molecule has 1 aromatic carbocycles. The molecule has 6 nitrogen and oxygen atoms in total. The standard InChI is InChI=1S/C19H25N3O3/c1-16-12-20-21(13-16)14-17-6-5-9-22(17)19(23)15-24-10-11-25-18-7-3-2-4-8-18/h2-4,7-8,12-13,17H,5-6,9-11,14-15H2,1H3/t17-/m0/s1. The van der Waals surface area contributed by atoms with Crippen LogP contribution in [0.2, 0.25) is 0 Å². The van der Waals surface area contributed by atoms with Crippen molar-refractivity contribution in [1.29, 1.82) is 0 Å². The minimum absolute atomic E-state index is 0.0473. The Hall–Kier alpha value is -2.34. The van der Waals surface area contributed by atoms with Crippen LogP contribution in [0, 0.1) is 6.92 Å². The van der Waals surface area contributed by atoms with Crippen LogP contribution in [0.25, 0.3) is 0 Å². The van der Waals surface area contributed by atoms with Crippen LogP contribution in [-0.2, 0) is 16.1 Å². The largest absolute Gasteiger partial charge is 0.491 e. The number of nitrogens with zero attached hydrogens (tertiary/aromatic N) is 3. The van der Waals surface area contributed by atoms with Crippen LogP contribution in [0.3, 0.4) is 0 Å². The molecule has 1 atom stereocenters. The minimum atomic E-state index is 0.0473. The van der Waals surface area contributed by atoms with Crippen molar-refractivity contribution >= 4 is 5.91 Å². The Morgan fingerprint density at radius 3 is 2.88 bits per heavy atom. The van der Waals surface area contributed by atoms with Crippen molar-refractivity contribution in [1.82, 2.24) is 14.7 Å². The molecular weight excluding hydrogens is 318 g/mol. The van der Waals surface area contributed by atoms with Crippen LogP contribution in [0.5, 0.6) is 5.75 Å². The van der Waals surface area contributed by atoms with Gasteiger partial charge in [0.2, 0.25) is 5.91 Å². The molecule has 3 rings (SSSR count). The van der Waals surface area contributed by atoms with E-state index in [1.807, 2.05) is 59.2 Å². The average Bonchev–Trinajstić information content (AvgIpc) is 3.25. The van der Waals surface area contributed by atoms with Gasteiger partial charge in [0, 0.05) is 12.7 Å². The van der Waals surface area contributed by atoms with E-state index in [1.54, 1.807) is 0 Å². The van der Waals surface area contributed by atoms with Crippen LogP contribution in [-0.4, -0.2) is 53.0 Å². The number of likely N-dealkylation sites (tertiary alicyclic amines) is 1. The van der Waals surface area contributed by atoms with Crippen LogP contribution in [0.1, 0.15) is 18.4 Å². The molecular formula is C19H25N3O3. The zero-order valence-corrected chi connectivity index (χ0v) is 14.6. The van der Waals surface area contributed by atoms with Crippen molar-refractivity contribution in [2.24, 2.45) is 0 Å². The molecule has 1 saturated heterocycles. The van der Waals surface area contributed by atoms with E-state index in [0.717, 1.165) is 37.2 Å². The molecule has 0 spiro atoms. The van der Waals surface area contributed by atoms with Crippen LogP contribution in [0.4, 0.5) is 0 Å². The SMILES string of the molecule is Cc1cnn(C[C@@H]2CCCN2C(=O)COCCOc2ccccc2)c1. The second-order valence-corrected chi connectivity index (χ2v) is 6.34. The summed E-state index contributed by atoms with van der Waals surface area (Å²) in [4.78, 5) is 14.3. The van der Waals surface area contributed by atoms with Crippen molar-refractivity contribution in [3.8, 4) is 5.75 Å². The highest BCUT2D eigenvalue weighted by molar-refractivity contribution is 5.78. The number of ether oxygens (including phenoxy) is 2. The number of hydrogen-bond donors (Lipinski definition) is 0. The summed E-state index contributed by atoms with van der Waals surface area (Å²) in [7, 11) is 0. The first-order valence-corrected chi connectivity index (χ1v) is 8.76. The fraction of sp³-hybridized carbons (Fsp3) is 0.474. The topological polar surface area (TPSA) is 56.6 Å². The number of amides is 1. The van der Waals surface area contributed by atoms with E-state index in [2.05, 4.69) is 5.10 Å². The Labute approximate surface area is 148 Å². The molecule has 2 aromatic rings. The molecule has 2 heterocycles. The lowest BCUT2D eigenvalue weighted by Crippen LogP contribution is -2.40. The van der Waals surface area contributed by atoms with Gasteiger partial charge in [-0.25, -0.2) is 0 Å². The molecule has 1 aliphatic rings. The van der Waals surface area contributed by atoms with E-state index in [0.29, 0.717) is 13.2 Å². The van der Waals surface area contributed by atoms with Gasteiger partial charge in [-0.1, -0.05) is 18.2 Å². The number of aryl methyl sites for hydroxylation is 1. The van der Waals surface area contributed by atoms with Crippen LogP contribution in [0.15, 0.2) is 42.7 Å². The Balaban J connectivity index is 1.38. The number of para-hydroxylation sites is 1. The van der Waals surface area contributed by atoms with Gasteiger partial charge in [-0.3, -0.25) is 9.48 Å². The van der Waals surface area contributed by atoms with Gasteiger partial charge >= 0.3 is 0 Å². The second-order valence-electron chi connectivity index (χ2n) is 6.34. The van der Waals surface area contributed by atoms with Crippen molar-refractivity contribution in [3.63, 3.8) is 0 Å². The second kappa shape index (κ2) is 8.67. The molecule has 0 aliphatic carbocycles. The maximum Gasteiger partial charge on any atom is 0.248 e. The Kier molecular flexibility index (Phi) is 6.06. The first kappa shape index (κ1) is 17.5. The third-order valence-electron chi connectivity index (χ3n) is 4.32. The Bertz CT molecular complexity index is 672. The maximum absolute atomic E-state index is 12.4. The lowest BCUT2D eigenvalue weighted by Gasteiger charge is -2.24. The molecule has 1 aliphatic heterocycles. The third-order valence-corrected chi connectivity index (χ3v) is 4.32. The highest BCUT2D eigenvalue weighted by Crippen LogP contribution is 2.19. The minimum Gasteiger partial charge on any atom is -0.491 e. The molecule has 0 unspecified atom stereocenters. The normalized spacial score (nSPS) is 17.0. The number of carbonyl (C=O) groups is 1. The Morgan fingerprint density at radius 1 is 1.28 bits per heavy atom. The average molecular weight is 343 g/mol. The van der Waals surface area contributed by atoms with Gasteiger partial charge in [-0.2, -0.15) is 5.10 Å². The van der Waals surface area contributed by atoms with Gasteiger partial charge in [0.25, 0.3) is 0 Å². The fourth-order valence-electron chi connectivity index (χ4n) is 3.11. The molecule has 0 saturated carbocycles. The van der Waals surface area contributed by atoms with Gasteiger partial charge < -0.3 is 14.4 Å². The Morgan fingerprint density at radius 2 is 2.12 bits per heavy atom. The van der Waals surface area contributed by atoms with Gasteiger partial charge in [0.15, 0.2) is 0 Å². The predicted molar refractivity (Wildman–Crippen MR) is 94.5 cm³/mol. The van der Waals surface area contributed by atoms with E-state index in [-0.39, 0.29) is 18.6 Å². The monoisotopic (exact) mass is 343 g/mol. The summed E-state index contributed by atoms with van der Waals surface area (Å²) in [6, 6.07) is 9.80. The predicted octanol–water partition coefficient (Wildman–Crippen LogP) is 2.28. The van der Waals surface area contributed by atoms with Crippen LogP contribution >= 0.6 is 0 Å². The summed E-state index contributed by atoms with van der Waals surface area (Å²) < 4.78 is 13.0. The van der Waals surface area contributed by atoms with E-state index in [9.17, 15) is 4.79 Å². The highest BCUT2D eigenvalue weighted by atomic mass is 16.5. The van der Waals surface area contributed by atoms with E-state index in [1.165, 1.54) is 0 Å². The van der Waals surface area contributed by atoms with Crippen molar-refractivity contribution in [2.75, 3.05) is 26.4 Å². The van der Waals surface area contributed by atoms with Crippen LogP contribution < -0.4 is 4.74 Å². The molecule has 1 aromatic heterocycles. The molecule has 0 radical (unpaired) electrons. The molecule has 134 valence electrons. The number of rotatable bonds is 8. The lowest BCUT2D eigenvalue weighted by atomic mass is 10.2. The number of hydrogen-bond acceptors (Lipinski definition) is 4. The smallest absolute Gasteiger partial charge is 0.248 e. The van der Waals surface area contributed by atoms with E-state index in [4.69, 9.17) is 9.47 Å². The summed E-state index contributed by atoms with van der Waals surface area (Å²) in [6.45, 7) is 4.51. The first-order chi connectivity index (χ1) is 12.2. The zero-order valence-electron chi connectivity index (χ0n) is 14.6. The molecule has 1 fully saturated rings. The molecule has 6 heteroatoms. The zero-order chi connectivity index (χ0) is 17.5.